The number of rotatable bonds is 5. The number of anilines is 1. The molecular formula is C20H17ClN2O. The van der Waals surface area contributed by atoms with Gasteiger partial charge in [0.1, 0.15) is 0 Å². The molecular weight excluding hydrogens is 320 g/mol. The molecule has 120 valence electrons. The summed E-state index contributed by atoms with van der Waals surface area (Å²) in [7, 11) is 0. The Bertz CT molecular complexity index is 817. The average molecular weight is 337 g/mol. The molecule has 0 bridgehead atoms. The van der Waals surface area contributed by atoms with E-state index in [2.05, 4.69) is 34.6 Å². The lowest BCUT2D eigenvalue weighted by Crippen LogP contribution is -2.12. The highest BCUT2D eigenvalue weighted by Gasteiger charge is 2.04. The molecule has 0 atom stereocenters. The third kappa shape index (κ3) is 4.43. The largest absolute Gasteiger partial charge is 0.326 e. The maximum absolute atomic E-state index is 12.0. The van der Waals surface area contributed by atoms with E-state index in [1.54, 1.807) is 18.3 Å². The number of hydrogen-bond donors (Lipinski definition) is 1. The van der Waals surface area contributed by atoms with Gasteiger partial charge in [0.2, 0.25) is 5.91 Å². The molecule has 4 heteroatoms. The Morgan fingerprint density at radius 2 is 1.83 bits per heavy atom. The summed E-state index contributed by atoms with van der Waals surface area (Å²) in [4.78, 5) is 16.1. The van der Waals surface area contributed by atoms with Gasteiger partial charge in [-0.2, -0.15) is 0 Å². The molecule has 0 saturated carbocycles. The predicted octanol–water partition coefficient (Wildman–Crippen LogP) is 4.97. The van der Waals surface area contributed by atoms with Crippen molar-refractivity contribution in [3.05, 3.63) is 83.6 Å². The summed E-state index contributed by atoms with van der Waals surface area (Å²) in [5, 5.41) is 3.47. The van der Waals surface area contributed by atoms with Crippen LogP contribution in [0.5, 0.6) is 0 Å². The molecule has 3 rings (SSSR count). The molecule has 0 aliphatic carbocycles. The van der Waals surface area contributed by atoms with Crippen LogP contribution in [0.25, 0.3) is 11.1 Å². The summed E-state index contributed by atoms with van der Waals surface area (Å²) in [5.74, 6) is -0.0198. The average Bonchev–Trinajstić information content (AvgIpc) is 2.61. The predicted molar refractivity (Wildman–Crippen MR) is 98.1 cm³/mol. The lowest BCUT2D eigenvalue weighted by atomic mass is 10.0. The van der Waals surface area contributed by atoms with Crippen molar-refractivity contribution in [3.8, 4) is 11.1 Å². The fourth-order valence-corrected chi connectivity index (χ4v) is 2.64. The summed E-state index contributed by atoms with van der Waals surface area (Å²) in [6.45, 7) is 0. The normalized spacial score (nSPS) is 10.4. The van der Waals surface area contributed by atoms with Gasteiger partial charge in [-0.25, -0.2) is 0 Å². The van der Waals surface area contributed by atoms with Crippen LogP contribution in [0.1, 0.15) is 12.0 Å². The Hall–Kier alpha value is -2.65. The number of aryl methyl sites for hydroxylation is 1. The van der Waals surface area contributed by atoms with E-state index >= 15 is 0 Å². The molecule has 3 aromatic rings. The minimum absolute atomic E-state index is 0.0198. The molecule has 0 spiro atoms. The first-order valence-electron chi connectivity index (χ1n) is 7.75. The van der Waals surface area contributed by atoms with Gasteiger partial charge < -0.3 is 5.32 Å². The first-order valence-corrected chi connectivity index (χ1v) is 8.13. The third-order valence-electron chi connectivity index (χ3n) is 3.70. The van der Waals surface area contributed by atoms with E-state index in [4.69, 9.17) is 11.6 Å². The van der Waals surface area contributed by atoms with Crippen LogP contribution in [-0.2, 0) is 11.2 Å². The zero-order chi connectivity index (χ0) is 16.8. The van der Waals surface area contributed by atoms with Gasteiger partial charge in [0, 0.05) is 29.5 Å². The number of benzene rings is 2. The minimum atomic E-state index is -0.0198. The summed E-state index contributed by atoms with van der Waals surface area (Å²) in [5.41, 5.74) is 4.06. The highest BCUT2D eigenvalue weighted by molar-refractivity contribution is 6.30. The Labute approximate surface area is 146 Å². The fourth-order valence-electron chi connectivity index (χ4n) is 2.44. The van der Waals surface area contributed by atoms with E-state index in [1.165, 1.54) is 0 Å². The van der Waals surface area contributed by atoms with E-state index in [0.29, 0.717) is 17.9 Å². The van der Waals surface area contributed by atoms with Crippen molar-refractivity contribution in [3.63, 3.8) is 0 Å². The van der Waals surface area contributed by atoms with E-state index in [9.17, 15) is 4.79 Å². The van der Waals surface area contributed by atoms with Crippen molar-refractivity contribution in [2.75, 3.05) is 5.32 Å². The van der Waals surface area contributed by atoms with Crippen molar-refractivity contribution in [2.45, 2.75) is 12.8 Å². The SMILES string of the molecule is O=C(CCc1ccc(-c2cccnc2)cc1)Nc1cccc(Cl)c1. The van der Waals surface area contributed by atoms with E-state index in [0.717, 1.165) is 22.4 Å². The van der Waals surface area contributed by atoms with Crippen LogP contribution in [0, 0.1) is 0 Å². The van der Waals surface area contributed by atoms with Gasteiger partial charge in [-0.05, 0) is 47.4 Å². The molecule has 1 N–H and O–H groups in total. The van der Waals surface area contributed by atoms with Crippen molar-refractivity contribution in [1.82, 2.24) is 4.98 Å². The number of amides is 1. The van der Waals surface area contributed by atoms with Crippen molar-refractivity contribution in [2.24, 2.45) is 0 Å². The first-order chi connectivity index (χ1) is 11.7. The smallest absolute Gasteiger partial charge is 0.224 e. The Kier molecular flexibility index (Phi) is 5.24. The number of nitrogens with one attached hydrogen (secondary N) is 1. The minimum Gasteiger partial charge on any atom is -0.326 e. The van der Waals surface area contributed by atoms with E-state index in [1.807, 2.05) is 30.5 Å². The molecule has 0 aliphatic heterocycles. The van der Waals surface area contributed by atoms with Crippen LogP contribution in [0.15, 0.2) is 73.1 Å². The summed E-state index contributed by atoms with van der Waals surface area (Å²) in [6, 6.07) is 19.3. The number of carbonyl (C=O) groups excluding carboxylic acids is 1. The van der Waals surface area contributed by atoms with E-state index < -0.39 is 0 Å². The number of pyridine rings is 1. The van der Waals surface area contributed by atoms with Gasteiger partial charge in [-0.1, -0.05) is 48.0 Å². The highest BCUT2D eigenvalue weighted by atomic mass is 35.5. The Balaban J connectivity index is 1.56. The third-order valence-corrected chi connectivity index (χ3v) is 3.93. The molecule has 2 aromatic carbocycles. The fraction of sp³-hybridized carbons (Fsp3) is 0.100. The Morgan fingerprint density at radius 1 is 1.00 bits per heavy atom. The molecule has 3 nitrogen and oxygen atoms in total. The van der Waals surface area contributed by atoms with Gasteiger partial charge in [0.25, 0.3) is 0 Å². The lowest BCUT2D eigenvalue weighted by molar-refractivity contribution is -0.116. The van der Waals surface area contributed by atoms with Crippen molar-refractivity contribution >= 4 is 23.2 Å². The van der Waals surface area contributed by atoms with Crippen LogP contribution in [0.3, 0.4) is 0 Å². The second kappa shape index (κ2) is 7.75. The van der Waals surface area contributed by atoms with Gasteiger partial charge in [0.05, 0.1) is 0 Å². The van der Waals surface area contributed by atoms with Crippen molar-refractivity contribution in [1.29, 1.82) is 0 Å². The van der Waals surface area contributed by atoms with Crippen molar-refractivity contribution < 1.29 is 4.79 Å². The maximum atomic E-state index is 12.0. The molecule has 0 radical (unpaired) electrons. The zero-order valence-electron chi connectivity index (χ0n) is 13.1. The number of aromatic nitrogens is 1. The van der Waals surface area contributed by atoms with Crippen LogP contribution in [0.4, 0.5) is 5.69 Å². The molecule has 0 aliphatic rings. The monoisotopic (exact) mass is 336 g/mol. The van der Waals surface area contributed by atoms with Gasteiger partial charge in [0.15, 0.2) is 0 Å². The number of hydrogen-bond acceptors (Lipinski definition) is 2. The number of halogens is 1. The highest BCUT2D eigenvalue weighted by Crippen LogP contribution is 2.19. The van der Waals surface area contributed by atoms with Crippen LogP contribution in [-0.4, -0.2) is 10.9 Å². The molecule has 1 amide bonds. The summed E-state index contributed by atoms with van der Waals surface area (Å²) >= 11 is 5.91. The lowest BCUT2D eigenvalue weighted by Gasteiger charge is -2.06. The van der Waals surface area contributed by atoms with Gasteiger partial charge in [-0.3, -0.25) is 9.78 Å². The van der Waals surface area contributed by atoms with Crippen LogP contribution in [0.2, 0.25) is 5.02 Å². The second-order valence-corrected chi connectivity index (χ2v) is 5.93. The zero-order valence-corrected chi connectivity index (χ0v) is 13.8. The van der Waals surface area contributed by atoms with Gasteiger partial charge >= 0.3 is 0 Å². The molecule has 24 heavy (non-hydrogen) atoms. The van der Waals surface area contributed by atoms with Crippen LogP contribution >= 0.6 is 11.6 Å². The van der Waals surface area contributed by atoms with Crippen LogP contribution < -0.4 is 5.32 Å². The van der Waals surface area contributed by atoms with E-state index in [-0.39, 0.29) is 5.91 Å². The maximum Gasteiger partial charge on any atom is 0.224 e. The molecule has 1 aromatic heterocycles. The molecule has 0 fully saturated rings. The molecule has 1 heterocycles. The molecule has 0 unspecified atom stereocenters. The number of carbonyl (C=O) groups is 1. The second-order valence-electron chi connectivity index (χ2n) is 5.50. The summed E-state index contributed by atoms with van der Waals surface area (Å²) < 4.78 is 0. The number of nitrogens with zero attached hydrogens (tertiary/aromatic N) is 1. The standard InChI is InChI=1S/C20H17ClN2O/c21-18-4-1-5-19(13-18)23-20(24)11-8-15-6-9-16(10-7-15)17-3-2-12-22-14-17/h1-7,9-10,12-14H,8,11H2,(H,23,24). The topological polar surface area (TPSA) is 42.0 Å². The summed E-state index contributed by atoms with van der Waals surface area (Å²) in [6.07, 6.45) is 4.72. The van der Waals surface area contributed by atoms with Gasteiger partial charge in [-0.15, -0.1) is 0 Å². The quantitative estimate of drug-likeness (QED) is 0.714. The Morgan fingerprint density at radius 3 is 2.54 bits per heavy atom. The first kappa shape index (κ1) is 16.2. The molecule has 0 saturated heterocycles.